The van der Waals surface area contributed by atoms with Crippen LogP contribution in [0.25, 0.3) is 0 Å². The molecule has 1 heterocycles. The summed E-state index contributed by atoms with van der Waals surface area (Å²) in [5, 5.41) is 0. The lowest BCUT2D eigenvalue weighted by Crippen LogP contribution is -2.36. The molecule has 1 atom stereocenters. The Labute approximate surface area is 84.8 Å². The molecule has 0 aromatic carbocycles. The van der Waals surface area contributed by atoms with E-state index >= 15 is 0 Å². The SMILES string of the molecule is C1CSCC(NOC2CCCC2)C1. The van der Waals surface area contributed by atoms with Crippen LogP contribution in [-0.2, 0) is 4.84 Å². The molecule has 0 radical (unpaired) electrons. The molecule has 0 spiro atoms. The van der Waals surface area contributed by atoms with Crippen LogP contribution < -0.4 is 5.48 Å². The van der Waals surface area contributed by atoms with Crippen molar-refractivity contribution >= 4 is 11.8 Å². The fourth-order valence-corrected chi connectivity index (χ4v) is 3.09. The van der Waals surface area contributed by atoms with Gasteiger partial charge in [0.15, 0.2) is 0 Å². The van der Waals surface area contributed by atoms with Crippen molar-refractivity contribution in [3.8, 4) is 0 Å². The van der Waals surface area contributed by atoms with Gasteiger partial charge in [0.1, 0.15) is 0 Å². The zero-order valence-electron chi connectivity index (χ0n) is 8.13. The molecule has 13 heavy (non-hydrogen) atoms. The van der Waals surface area contributed by atoms with E-state index in [1.807, 2.05) is 11.8 Å². The summed E-state index contributed by atoms with van der Waals surface area (Å²) < 4.78 is 0. The lowest BCUT2D eigenvalue weighted by atomic mass is 10.2. The third-order valence-electron chi connectivity index (χ3n) is 2.86. The fourth-order valence-electron chi connectivity index (χ4n) is 2.03. The lowest BCUT2D eigenvalue weighted by molar-refractivity contribution is -0.0378. The molecule has 0 aromatic rings. The molecule has 2 aliphatic rings. The maximum atomic E-state index is 5.68. The fraction of sp³-hybridized carbons (Fsp3) is 1.00. The summed E-state index contributed by atoms with van der Waals surface area (Å²) >= 11 is 2.04. The second-order valence-corrected chi connectivity index (χ2v) is 5.21. The van der Waals surface area contributed by atoms with Crippen LogP contribution in [0.3, 0.4) is 0 Å². The molecule has 0 bridgehead atoms. The largest absolute Gasteiger partial charge is 0.298 e. The van der Waals surface area contributed by atoms with Crippen molar-refractivity contribution in [3.05, 3.63) is 0 Å². The van der Waals surface area contributed by atoms with Crippen LogP contribution in [0.2, 0.25) is 0 Å². The van der Waals surface area contributed by atoms with E-state index in [1.165, 1.54) is 50.0 Å². The van der Waals surface area contributed by atoms with Crippen LogP contribution in [0.1, 0.15) is 38.5 Å². The topological polar surface area (TPSA) is 21.3 Å². The maximum absolute atomic E-state index is 5.68. The molecule has 1 aliphatic heterocycles. The van der Waals surface area contributed by atoms with Crippen molar-refractivity contribution in [2.75, 3.05) is 11.5 Å². The third-order valence-corrected chi connectivity index (χ3v) is 4.08. The molecule has 0 amide bonds. The maximum Gasteiger partial charge on any atom is 0.0790 e. The Hall–Kier alpha value is 0.270. The molecular weight excluding hydrogens is 182 g/mol. The Morgan fingerprint density at radius 2 is 1.92 bits per heavy atom. The van der Waals surface area contributed by atoms with Gasteiger partial charge in [-0.1, -0.05) is 12.8 Å². The number of hydrogen-bond donors (Lipinski definition) is 1. The molecule has 1 saturated heterocycles. The van der Waals surface area contributed by atoms with Crippen LogP contribution in [0.4, 0.5) is 0 Å². The molecule has 3 heteroatoms. The average molecular weight is 201 g/mol. The summed E-state index contributed by atoms with van der Waals surface area (Å²) in [6.07, 6.45) is 8.36. The molecule has 2 rings (SSSR count). The first kappa shape index (κ1) is 9.81. The van der Waals surface area contributed by atoms with E-state index in [0.717, 1.165) is 0 Å². The second-order valence-electron chi connectivity index (χ2n) is 4.06. The lowest BCUT2D eigenvalue weighted by Gasteiger charge is -2.23. The van der Waals surface area contributed by atoms with E-state index in [0.29, 0.717) is 12.1 Å². The van der Waals surface area contributed by atoms with Crippen molar-refractivity contribution in [2.24, 2.45) is 0 Å². The molecule has 1 N–H and O–H groups in total. The van der Waals surface area contributed by atoms with Crippen molar-refractivity contribution in [1.29, 1.82) is 0 Å². The van der Waals surface area contributed by atoms with Gasteiger partial charge in [0.05, 0.1) is 6.10 Å². The monoisotopic (exact) mass is 201 g/mol. The van der Waals surface area contributed by atoms with Gasteiger partial charge in [-0.3, -0.25) is 4.84 Å². The molecule has 2 nitrogen and oxygen atoms in total. The number of hydroxylamine groups is 1. The predicted molar refractivity (Wildman–Crippen MR) is 56.8 cm³/mol. The van der Waals surface area contributed by atoms with E-state index in [4.69, 9.17) is 4.84 Å². The van der Waals surface area contributed by atoms with Gasteiger partial charge in [-0.15, -0.1) is 0 Å². The number of rotatable bonds is 3. The van der Waals surface area contributed by atoms with Crippen LogP contribution in [0, 0.1) is 0 Å². The number of nitrogens with one attached hydrogen (secondary N) is 1. The highest BCUT2D eigenvalue weighted by molar-refractivity contribution is 7.99. The summed E-state index contributed by atoms with van der Waals surface area (Å²) in [7, 11) is 0. The third kappa shape index (κ3) is 3.15. The minimum atomic E-state index is 0.506. The van der Waals surface area contributed by atoms with Gasteiger partial charge in [0.25, 0.3) is 0 Å². The molecule has 0 aromatic heterocycles. The number of hydrogen-bond acceptors (Lipinski definition) is 3. The zero-order valence-corrected chi connectivity index (χ0v) is 8.94. The second kappa shape index (κ2) is 5.23. The molecule has 1 saturated carbocycles. The first-order valence-electron chi connectivity index (χ1n) is 5.44. The average Bonchev–Trinajstić information content (AvgIpc) is 2.69. The van der Waals surface area contributed by atoms with E-state index < -0.39 is 0 Å². The van der Waals surface area contributed by atoms with Crippen LogP contribution in [0.15, 0.2) is 0 Å². The molecule has 76 valence electrons. The molecular formula is C10H19NOS. The van der Waals surface area contributed by atoms with Gasteiger partial charge >= 0.3 is 0 Å². The van der Waals surface area contributed by atoms with Crippen LogP contribution in [-0.4, -0.2) is 23.7 Å². The van der Waals surface area contributed by atoms with Crippen LogP contribution >= 0.6 is 11.8 Å². The minimum Gasteiger partial charge on any atom is -0.298 e. The Morgan fingerprint density at radius 3 is 2.62 bits per heavy atom. The van der Waals surface area contributed by atoms with Gasteiger partial charge < -0.3 is 0 Å². The highest BCUT2D eigenvalue weighted by Crippen LogP contribution is 2.21. The summed E-state index contributed by atoms with van der Waals surface area (Å²) in [5.74, 6) is 2.56. The Morgan fingerprint density at radius 1 is 1.08 bits per heavy atom. The summed E-state index contributed by atoms with van der Waals surface area (Å²) in [4.78, 5) is 5.68. The van der Waals surface area contributed by atoms with Crippen LogP contribution in [0.5, 0.6) is 0 Å². The molecule has 1 unspecified atom stereocenters. The Balaban J connectivity index is 1.60. The van der Waals surface area contributed by atoms with Crippen molar-refractivity contribution in [3.63, 3.8) is 0 Å². The Kier molecular flexibility index (Phi) is 3.94. The summed E-state index contributed by atoms with van der Waals surface area (Å²) in [6.45, 7) is 0. The quantitative estimate of drug-likeness (QED) is 0.708. The van der Waals surface area contributed by atoms with E-state index in [2.05, 4.69) is 5.48 Å². The summed E-state index contributed by atoms with van der Waals surface area (Å²) in [6, 6.07) is 0.611. The standard InChI is InChI=1S/C10H19NOS/c1-2-6-10(5-1)12-11-9-4-3-7-13-8-9/h9-11H,1-8H2. The zero-order chi connectivity index (χ0) is 8.93. The first-order valence-corrected chi connectivity index (χ1v) is 6.59. The van der Waals surface area contributed by atoms with Gasteiger partial charge in [0.2, 0.25) is 0 Å². The smallest absolute Gasteiger partial charge is 0.0790 e. The highest BCUT2D eigenvalue weighted by Gasteiger charge is 2.19. The Bertz CT molecular complexity index is 142. The van der Waals surface area contributed by atoms with Gasteiger partial charge in [-0.05, 0) is 31.4 Å². The molecule has 1 aliphatic carbocycles. The van der Waals surface area contributed by atoms with E-state index in [1.54, 1.807) is 0 Å². The normalized spacial score (nSPS) is 30.9. The number of thioether (sulfide) groups is 1. The molecule has 2 fully saturated rings. The first-order chi connectivity index (χ1) is 6.45. The van der Waals surface area contributed by atoms with Crippen molar-refractivity contribution in [2.45, 2.75) is 50.7 Å². The van der Waals surface area contributed by atoms with Crippen molar-refractivity contribution in [1.82, 2.24) is 5.48 Å². The highest BCUT2D eigenvalue weighted by atomic mass is 32.2. The van der Waals surface area contributed by atoms with E-state index in [9.17, 15) is 0 Å². The predicted octanol–water partition coefficient (Wildman–Crippen LogP) is 2.35. The van der Waals surface area contributed by atoms with Gasteiger partial charge in [-0.2, -0.15) is 17.2 Å². The van der Waals surface area contributed by atoms with E-state index in [-0.39, 0.29) is 0 Å². The van der Waals surface area contributed by atoms with Crippen molar-refractivity contribution < 1.29 is 4.84 Å². The van der Waals surface area contributed by atoms with Gasteiger partial charge in [-0.25, -0.2) is 0 Å². The minimum absolute atomic E-state index is 0.506. The van der Waals surface area contributed by atoms with Gasteiger partial charge in [0, 0.05) is 11.8 Å². The summed E-state index contributed by atoms with van der Waals surface area (Å²) in [5.41, 5.74) is 3.24.